The smallest absolute Gasteiger partial charge is 0.337 e. The van der Waals surface area contributed by atoms with E-state index in [9.17, 15) is 9.90 Å². The normalized spacial score (nSPS) is 11.1. The molecular formula is C18H12ClNO2. The molecule has 0 unspecified atom stereocenters. The van der Waals surface area contributed by atoms with Crippen molar-refractivity contribution in [3.8, 4) is 0 Å². The fourth-order valence-electron chi connectivity index (χ4n) is 2.21. The predicted molar refractivity (Wildman–Crippen MR) is 89.1 cm³/mol. The first-order chi connectivity index (χ1) is 10.6. The molecule has 4 heteroatoms. The van der Waals surface area contributed by atoms with Gasteiger partial charge in [-0.15, -0.1) is 0 Å². The zero-order valence-corrected chi connectivity index (χ0v) is 12.3. The minimum atomic E-state index is -1.00. The lowest BCUT2D eigenvalue weighted by Crippen LogP contribution is -2.02. The minimum Gasteiger partial charge on any atom is -0.478 e. The fourth-order valence-corrected chi connectivity index (χ4v) is 2.41. The van der Waals surface area contributed by atoms with Gasteiger partial charge in [0.15, 0.2) is 0 Å². The lowest BCUT2D eigenvalue weighted by atomic mass is 10.1. The number of halogens is 1. The maximum absolute atomic E-state index is 11.4. The monoisotopic (exact) mass is 309 g/mol. The lowest BCUT2D eigenvalue weighted by molar-refractivity contribution is 0.0696. The number of para-hydroxylation sites is 1. The molecule has 0 aliphatic heterocycles. The third-order valence-electron chi connectivity index (χ3n) is 3.31. The van der Waals surface area contributed by atoms with Crippen LogP contribution < -0.4 is 0 Å². The van der Waals surface area contributed by atoms with E-state index in [1.807, 2.05) is 42.5 Å². The molecule has 0 spiro atoms. The van der Waals surface area contributed by atoms with Crippen molar-refractivity contribution in [3.05, 3.63) is 76.4 Å². The van der Waals surface area contributed by atoms with Crippen LogP contribution in [0.1, 0.15) is 21.6 Å². The van der Waals surface area contributed by atoms with Crippen molar-refractivity contribution < 1.29 is 9.90 Å². The zero-order valence-electron chi connectivity index (χ0n) is 11.5. The fraction of sp³-hybridized carbons (Fsp3) is 0. The second-order valence-electron chi connectivity index (χ2n) is 4.77. The van der Waals surface area contributed by atoms with Gasteiger partial charge < -0.3 is 5.11 Å². The van der Waals surface area contributed by atoms with E-state index in [-0.39, 0.29) is 5.56 Å². The third kappa shape index (κ3) is 2.85. The molecule has 3 rings (SSSR count). The van der Waals surface area contributed by atoms with Crippen LogP contribution in [0.15, 0.2) is 54.6 Å². The van der Waals surface area contributed by atoms with E-state index in [0.717, 1.165) is 16.5 Å². The summed E-state index contributed by atoms with van der Waals surface area (Å²) in [6.45, 7) is 0. The second-order valence-corrected chi connectivity index (χ2v) is 5.18. The van der Waals surface area contributed by atoms with Crippen molar-refractivity contribution in [2.75, 3.05) is 0 Å². The number of pyridine rings is 1. The minimum absolute atomic E-state index is 0.169. The Morgan fingerprint density at radius 2 is 1.77 bits per heavy atom. The van der Waals surface area contributed by atoms with Crippen LogP contribution in [0.5, 0.6) is 0 Å². The van der Waals surface area contributed by atoms with Gasteiger partial charge in [0.2, 0.25) is 0 Å². The number of benzene rings is 2. The number of aromatic carboxylic acids is 1. The number of carboxylic acids is 1. The van der Waals surface area contributed by atoms with Crippen LogP contribution in [0, 0.1) is 0 Å². The van der Waals surface area contributed by atoms with Crippen LogP contribution in [0.3, 0.4) is 0 Å². The number of nitrogens with zero attached hydrogens (tertiary/aromatic N) is 1. The maximum atomic E-state index is 11.4. The molecule has 0 aliphatic carbocycles. The molecule has 0 amide bonds. The van der Waals surface area contributed by atoms with Crippen LogP contribution in [0.4, 0.5) is 0 Å². The molecule has 3 aromatic rings. The average Bonchev–Trinajstić information content (AvgIpc) is 2.53. The summed E-state index contributed by atoms with van der Waals surface area (Å²) in [5.41, 5.74) is 2.15. The second kappa shape index (κ2) is 6.00. The SMILES string of the molecule is O=C(O)c1cc2ccccc2nc1C=Cc1ccccc1Cl. The van der Waals surface area contributed by atoms with Gasteiger partial charge in [0.25, 0.3) is 0 Å². The van der Waals surface area contributed by atoms with E-state index in [1.54, 1.807) is 24.3 Å². The summed E-state index contributed by atoms with van der Waals surface area (Å²) in [5.74, 6) is -1.00. The van der Waals surface area contributed by atoms with Crippen LogP contribution in [-0.4, -0.2) is 16.1 Å². The van der Waals surface area contributed by atoms with Crippen molar-refractivity contribution in [2.45, 2.75) is 0 Å². The highest BCUT2D eigenvalue weighted by Crippen LogP contribution is 2.21. The molecule has 1 heterocycles. The van der Waals surface area contributed by atoms with Gasteiger partial charge in [-0.05, 0) is 29.8 Å². The van der Waals surface area contributed by atoms with Crippen molar-refractivity contribution in [3.63, 3.8) is 0 Å². The Hall–Kier alpha value is -2.65. The summed E-state index contributed by atoms with van der Waals surface area (Å²) in [6.07, 6.45) is 3.45. The summed E-state index contributed by atoms with van der Waals surface area (Å²) < 4.78 is 0. The van der Waals surface area contributed by atoms with Crippen molar-refractivity contribution in [2.24, 2.45) is 0 Å². The Morgan fingerprint density at radius 3 is 2.55 bits per heavy atom. The topological polar surface area (TPSA) is 50.2 Å². The zero-order chi connectivity index (χ0) is 15.5. The van der Waals surface area contributed by atoms with Crippen LogP contribution in [-0.2, 0) is 0 Å². The number of hydrogen-bond acceptors (Lipinski definition) is 2. The Kier molecular flexibility index (Phi) is 3.90. The van der Waals surface area contributed by atoms with Crippen molar-refractivity contribution in [1.82, 2.24) is 4.98 Å². The molecule has 0 atom stereocenters. The number of carbonyl (C=O) groups is 1. The third-order valence-corrected chi connectivity index (χ3v) is 3.65. The van der Waals surface area contributed by atoms with Gasteiger partial charge >= 0.3 is 5.97 Å². The highest BCUT2D eigenvalue weighted by molar-refractivity contribution is 6.32. The molecule has 0 aliphatic rings. The summed E-state index contributed by atoms with van der Waals surface area (Å²) in [6, 6.07) is 16.4. The van der Waals surface area contributed by atoms with Crippen molar-refractivity contribution >= 4 is 40.6 Å². The molecule has 0 radical (unpaired) electrons. The van der Waals surface area contributed by atoms with E-state index in [0.29, 0.717) is 10.7 Å². The van der Waals surface area contributed by atoms with Crippen LogP contribution >= 0.6 is 11.6 Å². The highest BCUT2D eigenvalue weighted by atomic mass is 35.5. The molecule has 1 N–H and O–H groups in total. The maximum Gasteiger partial charge on any atom is 0.337 e. The van der Waals surface area contributed by atoms with Crippen LogP contribution in [0.2, 0.25) is 5.02 Å². The van der Waals surface area contributed by atoms with Gasteiger partial charge in [0.05, 0.1) is 16.8 Å². The van der Waals surface area contributed by atoms with Gasteiger partial charge in [0.1, 0.15) is 0 Å². The molecule has 2 aromatic carbocycles. The van der Waals surface area contributed by atoms with Gasteiger partial charge in [-0.25, -0.2) is 9.78 Å². The van der Waals surface area contributed by atoms with E-state index in [2.05, 4.69) is 4.98 Å². The van der Waals surface area contributed by atoms with E-state index in [4.69, 9.17) is 11.6 Å². The lowest BCUT2D eigenvalue weighted by Gasteiger charge is -2.04. The molecule has 0 fully saturated rings. The van der Waals surface area contributed by atoms with Gasteiger partial charge in [-0.2, -0.15) is 0 Å². The number of carboxylic acid groups (broad SMARTS) is 1. The molecule has 0 saturated heterocycles. The molecule has 0 bridgehead atoms. The number of fused-ring (bicyclic) bond motifs is 1. The Labute approximate surface area is 132 Å². The van der Waals surface area contributed by atoms with Crippen LogP contribution in [0.25, 0.3) is 23.1 Å². The van der Waals surface area contributed by atoms with Gasteiger partial charge in [-0.1, -0.05) is 54.1 Å². The quantitative estimate of drug-likeness (QED) is 0.759. The summed E-state index contributed by atoms with van der Waals surface area (Å²) in [4.78, 5) is 15.9. The standard InChI is InChI=1S/C18H12ClNO2/c19-15-7-3-1-5-12(15)9-10-17-14(18(21)22)11-13-6-2-4-8-16(13)20-17/h1-11H,(H,21,22). The predicted octanol–water partition coefficient (Wildman–Crippen LogP) is 4.76. The number of hydrogen-bond donors (Lipinski definition) is 1. The average molecular weight is 310 g/mol. The Morgan fingerprint density at radius 1 is 1.05 bits per heavy atom. The summed E-state index contributed by atoms with van der Waals surface area (Å²) in [7, 11) is 0. The first-order valence-corrected chi connectivity index (χ1v) is 7.08. The number of aromatic nitrogens is 1. The summed E-state index contributed by atoms with van der Waals surface area (Å²) >= 11 is 6.10. The molecule has 0 saturated carbocycles. The number of rotatable bonds is 3. The van der Waals surface area contributed by atoms with Crippen molar-refractivity contribution in [1.29, 1.82) is 0 Å². The molecular weight excluding hydrogens is 298 g/mol. The molecule has 108 valence electrons. The van der Waals surface area contributed by atoms with E-state index < -0.39 is 5.97 Å². The Bertz CT molecular complexity index is 887. The molecule has 3 nitrogen and oxygen atoms in total. The molecule has 22 heavy (non-hydrogen) atoms. The van der Waals surface area contributed by atoms with E-state index >= 15 is 0 Å². The Balaban J connectivity index is 2.11. The molecule has 1 aromatic heterocycles. The largest absolute Gasteiger partial charge is 0.478 e. The van der Waals surface area contributed by atoms with Gasteiger partial charge in [-0.3, -0.25) is 0 Å². The first-order valence-electron chi connectivity index (χ1n) is 6.71. The summed E-state index contributed by atoms with van der Waals surface area (Å²) in [5, 5.41) is 10.8. The van der Waals surface area contributed by atoms with E-state index in [1.165, 1.54) is 0 Å². The highest BCUT2D eigenvalue weighted by Gasteiger charge is 2.11. The van der Waals surface area contributed by atoms with Gasteiger partial charge in [0, 0.05) is 10.4 Å². The first kappa shape index (κ1) is 14.3.